The fourth-order valence-corrected chi connectivity index (χ4v) is 7.55. The normalized spacial score (nSPS) is 11.5. The Kier molecular flexibility index (Phi) is 3.73. The Labute approximate surface area is 111 Å². The van der Waals surface area contributed by atoms with Crippen molar-refractivity contribution in [3.63, 3.8) is 0 Å². The van der Waals surface area contributed by atoms with E-state index in [1.54, 1.807) is 12.4 Å². The minimum absolute atomic E-state index is 0.806. The first kappa shape index (κ1) is 12.8. The molecule has 0 radical (unpaired) electrons. The van der Waals surface area contributed by atoms with Crippen molar-refractivity contribution in [1.82, 2.24) is 9.97 Å². The van der Waals surface area contributed by atoms with Crippen LogP contribution in [0.2, 0.25) is 19.8 Å². The molecule has 4 heteroatoms. The van der Waals surface area contributed by atoms with Crippen LogP contribution in [-0.2, 0) is 0 Å². The zero-order valence-corrected chi connectivity index (χ0v) is 13.8. The van der Waals surface area contributed by atoms with E-state index in [2.05, 4.69) is 30.9 Å². The molecule has 2 nitrogen and oxygen atoms in total. The second-order valence-electron chi connectivity index (χ2n) is 5.04. The van der Waals surface area contributed by atoms with Gasteiger partial charge in [-0.15, -0.1) is 0 Å². The molecule has 17 heavy (non-hydrogen) atoms. The molecule has 0 amide bonds. The number of halogens is 1. The van der Waals surface area contributed by atoms with Gasteiger partial charge in [0.25, 0.3) is 0 Å². The average Bonchev–Trinajstić information content (AvgIpc) is 2.29. The van der Waals surface area contributed by atoms with Gasteiger partial charge in [-0.25, -0.2) is 0 Å². The zero-order chi connectivity index (χ0) is 12.5. The molecule has 0 fully saturated rings. The third-order valence-electron chi connectivity index (χ3n) is 2.62. The quantitative estimate of drug-likeness (QED) is 0.774. The van der Waals surface area contributed by atoms with Gasteiger partial charge in [-0.3, -0.25) is 0 Å². The van der Waals surface area contributed by atoms with Crippen LogP contribution in [-0.4, -0.2) is 28.3 Å². The second kappa shape index (κ2) is 4.94. The van der Waals surface area contributed by atoms with E-state index in [1.165, 1.54) is 3.58 Å². The maximum absolute atomic E-state index is 6.24. The Bertz CT molecular complexity index is 521. The summed E-state index contributed by atoms with van der Waals surface area (Å²) in [7, 11) is 0. The fraction of sp³-hybridized carbons (Fsp3) is 0.231. The van der Waals surface area contributed by atoms with Crippen molar-refractivity contribution < 1.29 is 0 Å². The van der Waals surface area contributed by atoms with E-state index >= 15 is 0 Å². The molecule has 0 aliphatic heterocycles. The van der Waals surface area contributed by atoms with Crippen molar-refractivity contribution in [1.29, 1.82) is 0 Å². The molecule has 0 aliphatic carbocycles. The summed E-state index contributed by atoms with van der Waals surface area (Å²) < 4.78 is 1.31. The number of aromatic nitrogens is 2. The molecule has 88 valence electrons. The summed E-state index contributed by atoms with van der Waals surface area (Å²) >= 11 is 4.07. The topological polar surface area (TPSA) is 25.8 Å². The number of rotatable bonds is 2. The summed E-state index contributed by atoms with van der Waals surface area (Å²) in [6.07, 6.45) is 5.36. The molecular weight excluding hydrogens is 338 g/mol. The zero-order valence-electron chi connectivity index (χ0n) is 10.2. The molecule has 2 aromatic heterocycles. The van der Waals surface area contributed by atoms with Crippen LogP contribution in [0.4, 0.5) is 0 Å². The van der Waals surface area contributed by atoms with Gasteiger partial charge in [0.15, 0.2) is 0 Å². The summed E-state index contributed by atoms with van der Waals surface area (Å²) in [5.41, 5.74) is 2.00. The Morgan fingerprint density at radius 3 is 2.53 bits per heavy atom. The first-order valence-corrected chi connectivity index (χ1v) is 15.9. The van der Waals surface area contributed by atoms with Gasteiger partial charge in [0.2, 0.25) is 0 Å². The SMILES string of the molecule is [CH3][Sn]([CH3])([CH3])[c]1cc(-c2cccnc2)ncc1Cl. The van der Waals surface area contributed by atoms with E-state index < -0.39 is 18.4 Å². The van der Waals surface area contributed by atoms with Crippen LogP contribution in [0.25, 0.3) is 11.3 Å². The van der Waals surface area contributed by atoms with E-state index in [0.717, 1.165) is 16.3 Å². The Balaban J connectivity index is 2.53. The molecule has 0 bridgehead atoms. The first-order chi connectivity index (χ1) is 7.98. The second-order valence-corrected chi connectivity index (χ2v) is 19.8. The maximum atomic E-state index is 6.24. The third-order valence-corrected chi connectivity index (χ3v) is 9.17. The van der Waals surface area contributed by atoms with E-state index in [1.807, 2.05) is 18.3 Å². The van der Waals surface area contributed by atoms with Crippen LogP contribution in [0.1, 0.15) is 0 Å². The van der Waals surface area contributed by atoms with Crippen LogP contribution < -0.4 is 3.58 Å². The molecule has 0 spiro atoms. The molecule has 0 atom stereocenters. The summed E-state index contributed by atoms with van der Waals surface area (Å²) in [4.78, 5) is 15.6. The van der Waals surface area contributed by atoms with E-state index in [4.69, 9.17) is 11.6 Å². The van der Waals surface area contributed by atoms with Crippen molar-refractivity contribution in [2.24, 2.45) is 0 Å². The molecule has 2 rings (SSSR count). The molecule has 2 heterocycles. The molecule has 0 N–H and O–H groups in total. The van der Waals surface area contributed by atoms with E-state index in [-0.39, 0.29) is 0 Å². The average molecular weight is 353 g/mol. The standard InChI is InChI=1S/C10H6ClN2.3CH3.Sn/c11-9-3-4-10(13-7-9)8-2-1-5-12-6-8;;;;/h1-2,4-7H;3*1H3;. The van der Waals surface area contributed by atoms with Gasteiger partial charge in [0, 0.05) is 0 Å². The number of hydrogen-bond donors (Lipinski definition) is 0. The first-order valence-electron chi connectivity index (χ1n) is 5.55. The van der Waals surface area contributed by atoms with E-state index in [0.29, 0.717) is 0 Å². The summed E-state index contributed by atoms with van der Waals surface area (Å²) in [5, 5.41) is 0.806. The molecule has 0 saturated carbocycles. The number of pyridine rings is 2. The van der Waals surface area contributed by atoms with Gasteiger partial charge < -0.3 is 0 Å². The molecule has 0 unspecified atom stereocenters. The third kappa shape index (κ3) is 2.99. The Hall–Kier alpha value is -0.611. The van der Waals surface area contributed by atoms with Gasteiger partial charge >= 0.3 is 111 Å². The summed E-state index contributed by atoms with van der Waals surface area (Å²) in [6, 6.07) is 6.08. The predicted molar refractivity (Wildman–Crippen MR) is 75.5 cm³/mol. The molecule has 0 saturated heterocycles. The minimum atomic E-state index is -2.17. The van der Waals surface area contributed by atoms with Gasteiger partial charge in [-0.1, -0.05) is 0 Å². The fourth-order valence-electron chi connectivity index (χ4n) is 1.69. The van der Waals surface area contributed by atoms with Crippen molar-refractivity contribution in [3.8, 4) is 11.3 Å². The Morgan fingerprint density at radius 1 is 1.18 bits per heavy atom. The van der Waals surface area contributed by atoms with Gasteiger partial charge in [-0.05, 0) is 0 Å². The van der Waals surface area contributed by atoms with Crippen LogP contribution in [0.3, 0.4) is 0 Å². The summed E-state index contributed by atoms with van der Waals surface area (Å²) in [5.74, 6) is 0. The van der Waals surface area contributed by atoms with Crippen molar-refractivity contribution in [3.05, 3.63) is 41.8 Å². The summed E-state index contributed by atoms with van der Waals surface area (Å²) in [6.45, 7) is 0. The van der Waals surface area contributed by atoms with E-state index in [9.17, 15) is 0 Å². The Morgan fingerprint density at radius 2 is 1.94 bits per heavy atom. The van der Waals surface area contributed by atoms with Crippen LogP contribution in [0.15, 0.2) is 36.8 Å². The van der Waals surface area contributed by atoms with Crippen LogP contribution in [0.5, 0.6) is 0 Å². The van der Waals surface area contributed by atoms with Crippen molar-refractivity contribution in [2.75, 3.05) is 0 Å². The molecule has 0 aromatic carbocycles. The molecule has 2 aromatic rings. The molecule has 0 aliphatic rings. The van der Waals surface area contributed by atoms with Gasteiger partial charge in [0.1, 0.15) is 0 Å². The van der Waals surface area contributed by atoms with Gasteiger partial charge in [0.05, 0.1) is 0 Å². The van der Waals surface area contributed by atoms with Crippen LogP contribution >= 0.6 is 11.6 Å². The van der Waals surface area contributed by atoms with Gasteiger partial charge in [-0.2, -0.15) is 0 Å². The van der Waals surface area contributed by atoms with Crippen molar-refractivity contribution in [2.45, 2.75) is 14.8 Å². The number of nitrogens with zero attached hydrogens (tertiary/aromatic N) is 2. The number of hydrogen-bond acceptors (Lipinski definition) is 2. The monoisotopic (exact) mass is 354 g/mol. The van der Waals surface area contributed by atoms with Crippen LogP contribution in [0, 0.1) is 0 Å². The van der Waals surface area contributed by atoms with Crippen molar-refractivity contribution >= 4 is 33.6 Å². The predicted octanol–water partition coefficient (Wildman–Crippen LogP) is 3.34. The molecular formula is C13H15ClN2Sn.